The monoisotopic (exact) mass is 311 g/mol. The van der Waals surface area contributed by atoms with E-state index >= 15 is 0 Å². The topological polar surface area (TPSA) is 66.6 Å². The van der Waals surface area contributed by atoms with Gasteiger partial charge in [0.15, 0.2) is 0 Å². The minimum absolute atomic E-state index is 0.0333. The van der Waals surface area contributed by atoms with Crippen molar-refractivity contribution in [3.63, 3.8) is 0 Å². The highest BCUT2D eigenvalue weighted by Gasteiger charge is 2.36. The molecule has 2 rings (SSSR count). The molecule has 1 unspecified atom stereocenters. The predicted molar refractivity (Wildman–Crippen MR) is 85.8 cm³/mol. The van der Waals surface area contributed by atoms with E-state index < -0.39 is 10.0 Å². The Morgan fingerprint density at radius 1 is 1.29 bits per heavy atom. The average molecular weight is 311 g/mol. The summed E-state index contributed by atoms with van der Waals surface area (Å²) in [6, 6.07) is 3.48. The largest absolute Gasteiger partial charge is 0.398 e. The van der Waals surface area contributed by atoms with E-state index in [4.69, 9.17) is 5.73 Å². The molecule has 118 valence electrons. The van der Waals surface area contributed by atoms with Crippen LogP contribution >= 0.6 is 0 Å². The van der Waals surface area contributed by atoms with E-state index in [9.17, 15) is 8.42 Å². The third-order valence-electron chi connectivity index (χ3n) is 4.11. The first-order valence-corrected chi connectivity index (χ1v) is 8.71. The van der Waals surface area contributed by atoms with E-state index in [1.807, 2.05) is 32.8 Å². The van der Waals surface area contributed by atoms with Gasteiger partial charge in [-0.25, -0.2) is 8.42 Å². The summed E-state index contributed by atoms with van der Waals surface area (Å²) < 4.78 is 27.5. The lowest BCUT2D eigenvalue weighted by molar-refractivity contribution is 0.291. The normalized spacial score (nSPS) is 20.3. The lowest BCUT2D eigenvalue weighted by Gasteiger charge is -2.27. The van der Waals surface area contributed by atoms with E-state index in [1.54, 1.807) is 16.4 Å². The summed E-state index contributed by atoms with van der Waals surface area (Å²) in [6.07, 6.45) is 1.81. The fourth-order valence-corrected chi connectivity index (χ4v) is 4.76. The Bertz CT molecular complexity index is 626. The smallest absolute Gasteiger partial charge is 0.245 e. The van der Waals surface area contributed by atoms with Gasteiger partial charge in [0.2, 0.25) is 10.0 Å². The second-order valence-electron chi connectivity index (χ2n) is 6.15. The fourth-order valence-electron chi connectivity index (χ4n) is 2.89. The van der Waals surface area contributed by atoms with E-state index in [-0.39, 0.29) is 10.9 Å². The molecule has 0 aliphatic carbocycles. The summed E-state index contributed by atoms with van der Waals surface area (Å²) in [4.78, 5) is 2.28. The lowest BCUT2D eigenvalue weighted by atomic mass is 10.1. The summed E-state index contributed by atoms with van der Waals surface area (Å²) in [5, 5.41) is 0. The maximum absolute atomic E-state index is 12.9. The number of likely N-dealkylation sites (N-methyl/N-ethyl adjacent to an activating group) is 1. The predicted octanol–water partition coefficient (Wildman–Crippen LogP) is 1.60. The van der Waals surface area contributed by atoms with Crippen molar-refractivity contribution >= 4 is 15.7 Å². The molecule has 1 heterocycles. The minimum Gasteiger partial charge on any atom is -0.398 e. The van der Waals surface area contributed by atoms with Crippen LogP contribution in [0, 0.1) is 13.8 Å². The maximum Gasteiger partial charge on any atom is 0.245 e. The van der Waals surface area contributed by atoms with Crippen LogP contribution in [0.2, 0.25) is 0 Å². The zero-order chi connectivity index (χ0) is 15.8. The SMILES string of the molecule is Cc1cc(N)c(S(=O)(=O)N2CCCC2CN(C)C)cc1C. The molecule has 0 aromatic heterocycles. The van der Waals surface area contributed by atoms with Crippen molar-refractivity contribution in [2.75, 3.05) is 32.9 Å². The average Bonchev–Trinajstić information content (AvgIpc) is 2.81. The molecule has 1 aromatic carbocycles. The van der Waals surface area contributed by atoms with E-state index in [0.717, 1.165) is 30.5 Å². The highest BCUT2D eigenvalue weighted by molar-refractivity contribution is 7.89. The molecular formula is C15H25N3O2S. The molecule has 1 fully saturated rings. The van der Waals surface area contributed by atoms with Crippen LogP contribution in [-0.2, 0) is 10.0 Å². The number of hydrogen-bond acceptors (Lipinski definition) is 4. The van der Waals surface area contributed by atoms with Crippen LogP contribution in [-0.4, -0.2) is 50.8 Å². The van der Waals surface area contributed by atoms with Gasteiger partial charge in [-0.05, 0) is 64.0 Å². The first kappa shape index (κ1) is 16.3. The van der Waals surface area contributed by atoms with Gasteiger partial charge in [0, 0.05) is 19.1 Å². The standard InChI is InChI=1S/C15H25N3O2S/c1-11-8-14(16)15(9-12(11)2)21(19,20)18-7-5-6-13(18)10-17(3)4/h8-9,13H,5-7,10,16H2,1-4H3. The number of anilines is 1. The molecule has 1 aromatic rings. The molecular weight excluding hydrogens is 286 g/mol. The zero-order valence-corrected chi connectivity index (χ0v) is 14.1. The molecule has 1 saturated heterocycles. The summed E-state index contributed by atoms with van der Waals surface area (Å²) in [6.45, 7) is 5.17. The Morgan fingerprint density at radius 3 is 2.52 bits per heavy atom. The Labute approximate surface area is 127 Å². The molecule has 5 nitrogen and oxygen atoms in total. The Kier molecular flexibility index (Phi) is 4.60. The molecule has 0 radical (unpaired) electrons. The summed E-state index contributed by atoms with van der Waals surface area (Å²) in [7, 11) is 0.410. The molecule has 6 heteroatoms. The van der Waals surface area contributed by atoms with Gasteiger partial charge >= 0.3 is 0 Å². The van der Waals surface area contributed by atoms with Crippen molar-refractivity contribution in [3.05, 3.63) is 23.3 Å². The first-order chi connectivity index (χ1) is 9.73. The lowest BCUT2D eigenvalue weighted by Crippen LogP contribution is -2.41. The summed E-state index contributed by atoms with van der Waals surface area (Å²) in [5.74, 6) is 0. The minimum atomic E-state index is -3.52. The van der Waals surface area contributed by atoms with Crippen molar-refractivity contribution in [1.29, 1.82) is 0 Å². The third kappa shape index (κ3) is 3.22. The van der Waals surface area contributed by atoms with Gasteiger partial charge in [0.05, 0.1) is 5.69 Å². The fraction of sp³-hybridized carbons (Fsp3) is 0.600. The van der Waals surface area contributed by atoms with Crippen LogP contribution in [0.3, 0.4) is 0 Å². The highest BCUT2D eigenvalue weighted by Crippen LogP contribution is 2.30. The van der Waals surface area contributed by atoms with Crippen LogP contribution in [0.25, 0.3) is 0 Å². The molecule has 0 bridgehead atoms. The summed E-state index contributed by atoms with van der Waals surface area (Å²) in [5.41, 5.74) is 8.28. The van der Waals surface area contributed by atoms with E-state index in [1.165, 1.54) is 0 Å². The highest BCUT2D eigenvalue weighted by atomic mass is 32.2. The number of nitrogens with two attached hydrogens (primary N) is 1. The maximum atomic E-state index is 12.9. The molecule has 0 amide bonds. The third-order valence-corrected chi connectivity index (χ3v) is 6.12. The van der Waals surface area contributed by atoms with Crippen molar-refractivity contribution in [2.24, 2.45) is 0 Å². The Balaban J connectivity index is 2.40. The second kappa shape index (κ2) is 5.94. The van der Waals surface area contributed by atoms with Gasteiger partial charge in [-0.2, -0.15) is 4.31 Å². The number of aryl methyl sites for hydroxylation is 2. The van der Waals surface area contributed by atoms with Gasteiger partial charge in [0.25, 0.3) is 0 Å². The van der Waals surface area contributed by atoms with Gasteiger partial charge in [-0.1, -0.05) is 0 Å². The van der Waals surface area contributed by atoms with Crippen LogP contribution in [0.4, 0.5) is 5.69 Å². The number of nitrogen functional groups attached to an aromatic ring is 1. The van der Waals surface area contributed by atoms with Crippen LogP contribution < -0.4 is 5.73 Å². The molecule has 0 saturated carbocycles. The second-order valence-corrected chi connectivity index (χ2v) is 8.01. The zero-order valence-electron chi connectivity index (χ0n) is 13.3. The van der Waals surface area contributed by atoms with E-state index in [2.05, 4.69) is 0 Å². The van der Waals surface area contributed by atoms with Gasteiger partial charge in [0.1, 0.15) is 4.90 Å². The molecule has 2 N–H and O–H groups in total. The molecule has 1 aliphatic rings. The Morgan fingerprint density at radius 2 is 1.90 bits per heavy atom. The first-order valence-electron chi connectivity index (χ1n) is 7.26. The van der Waals surface area contributed by atoms with Crippen molar-refractivity contribution in [2.45, 2.75) is 37.6 Å². The van der Waals surface area contributed by atoms with Crippen LogP contribution in [0.1, 0.15) is 24.0 Å². The molecule has 1 aliphatic heterocycles. The Hall–Kier alpha value is -1.11. The number of rotatable bonds is 4. The van der Waals surface area contributed by atoms with Gasteiger partial charge in [-0.15, -0.1) is 0 Å². The van der Waals surface area contributed by atoms with Gasteiger partial charge in [-0.3, -0.25) is 0 Å². The number of hydrogen-bond donors (Lipinski definition) is 1. The molecule has 1 atom stereocenters. The van der Waals surface area contributed by atoms with Crippen LogP contribution in [0.15, 0.2) is 17.0 Å². The van der Waals surface area contributed by atoms with E-state index in [0.29, 0.717) is 12.2 Å². The van der Waals surface area contributed by atoms with Crippen molar-refractivity contribution in [3.8, 4) is 0 Å². The summed E-state index contributed by atoms with van der Waals surface area (Å²) >= 11 is 0. The quantitative estimate of drug-likeness (QED) is 0.858. The number of benzene rings is 1. The number of sulfonamides is 1. The van der Waals surface area contributed by atoms with Crippen LogP contribution in [0.5, 0.6) is 0 Å². The number of nitrogens with zero attached hydrogens (tertiary/aromatic N) is 2. The molecule has 0 spiro atoms. The van der Waals surface area contributed by atoms with Crippen molar-refractivity contribution < 1.29 is 8.42 Å². The van der Waals surface area contributed by atoms with Gasteiger partial charge < -0.3 is 10.6 Å². The van der Waals surface area contributed by atoms with Crippen molar-refractivity contribution in [1.82, 2.24) is 9.21 Å². The molecule has 21 heavy (non-hydrogen) atoms.